The molecule has 3 aromatic heterocycles. The molecule has 1 amide bonds. The number of hydrogen-bond donors (Lipinski definition) is 1. The Hall–Kier alpha value is -4.66. The van der Waals surface area contributed by atoms with Crippen molar-refractivity contribution < 1.29 is 13.9 Å². The first-order valence-electron chi connectivity index (χ1n) is 11.0. The number of rotatable bonds is 5. The summed E-state index contributed by atoms with van der Waals surface area (Å²) in [5, 5.41) is 5.40. The highest BCUT2D eigenvalue weighted by molar-refractivity contribution is 5.97. The van der Waals surface area contributed by atoms with E-state index in [-0.39, 0.29) is 11.3 Å². The van der Waals surface area contributed by atoms with Crippen LogP contribution >= 0.6 is 0 Å². The second-order valence-electron chi connectivity index (χ2n) is 8.12. The van der Waals surface area contributed by atoms with Crippen molar-refractivity contribution in [2.75, 3.05) is 7.11 Å². The van der Waals surface area contributed by atoms with Crippen molar-refractivity contribution in [2.45, 2.75) is 20.8 Å². The zero-order valence-electron chi connectivity index (χ0n) is 19.7. The van der Waals surface area contributed by atoms with Crippen LogP contribution in [-0.2, 0) is 0 Å². The highest BCUT2D eigenvalue weighted by atomic mass is 16.5. The number of para-hydroxylation sites is 2. The molecule has 0 unspecified atom stereocenters. The molecule has 0 aliphatic heterocycles. The predicted octanol–water partition coefficient (Wildman–Crippen LogP) is 3.95. The average molecular weight is 470 g/mol. The lowest BCUT2D eigenvalue weighted by Crippen LogP contribution is -2.30. The van der Waals surface area contributed by atoms with Crippen LogP contribution in [0.2, 0.25) is 0 Å². The molecule has 0 radical (unpaired) electrons. The van der Waals surface area contributed by atoms with Crippen molar-refractivity contribution in [3.63, 3.8) is 0 Å². The molecule has 0 aliphatic carbocycles. The van der Waals surface area contributed by atoms with Crippen molar-refractivity contribution in [2.24, 2.45) is 5.10 Å². The number of carbonyl (C=O) groups is 1. The molecule has 9 heteroatoms. The molecule has 0 atom stereocenters. The van der Waals surface area contributed by atoms with Crippen LogP contribution in [0.15, 0.2) is 68.9 Å². The van der Waals surface area contributed by atoms with Gasteiger partial charge in [-0.3, -0.25) is 14.3 Å². The molecule has 0 fully saturated rings. The average Bonchev–Trinajstić information content (AvgIpc) is 3.40. The first-order valence-corrected chi connectivity index (χ1v) is 11.0. The van der Waals surface area contributed by atoms with E-state index in [0.29, 0.717) is 28.1 Å². The number of aryl methyl sites for hydroxylation is 2. The van der Waals surface area contributed by atoms with E-state index < -0.39 is 5.91 Å². The highest BCUT2D eigenvalue weighted by Crippen LogP contribution is 2.28. The molecule has 0 spiro atoms. The Morgan fingerprint density at radius 2 is 1.89 bits per heavy atom. The van der Waals surface area contributed by atoms with Crippen LogP contribution in [0.3, 0.4) is 0 Å². The van der Waals surface area contributed by atoms with Crippen LogP contribution in [0.1, 0.15) is 33.3 Å². The van der Waals surface area contributed by atoms with E-state index in [2.05, 4.69) is 15.5 Å². The van der Waals surface area contributed by atoms with Gasteiger partial charge in [-0.05, 0) is 51.1 Å². The number of aromatic nitrogens is 3. The predicted molar refractivity (Wildman–Crippen MR) is 133 cm³/mol. The van der Waals surface area contributed by atoms with E-state index in [0.717, 1.165) is 22.3 Å². The Bertz CT molecular complexity index is 1690. The van der Waals surface area contributed by atoms with Crippen LogP contribution in [-0.4, -0.2) is 33.6 Å². The lowest BCUT2D eigenvalue weighted by molar-refractivity contribution is 0.0929. The Morgan fingerprint density at radius 1 is 1.09 bits per heavy atom. The SMILES string of the molecule is COc1cccc2cc(C(=O)NN=Cc3cc(C)n(-n4c(C)nc5ccccc5c4=O)c3C)oc12. The van der Waals surface area contributed by atoms with Crippen LogP contribution < -0.4 is 15.7 Å². The third-order valence-electron chi connectivity index (χ3n) is 5.87. The van der Waals surface area contributed by atoms with Crippen LogP contribution in [0, 0.1) is 20.8 Å². The molecule has 0 saturated carbocycles. The summed E-state index contributed by atoms with van der Waals surface area (Å²) >= 11 is 0. The van der Waals surface area contributed by atoms with Gasteiger partial charge < -0.3 is 9.15 Å². The smallest absolute Gasteiger partial charge is 0.307 e. The van der Waals surface area contributed by atoms with Crippen LogP contribution in [0.25, 0.3) is 21.9 Å². The summed E-state index contributed by atoms with van der Waals surface area (Å²) in [5.41, 5.74) is 5.83. The molecule has 0 aliphatic rings. The maximum Gasteiger partial charge on any atom is 0.307 e. The summed E-state index contributed by atoms with van der Waals surface area (Å²) in [6, 6.07) is 16.2. The van der Waals surface area contributed by atoms with Crippen molar-refractivity contribution in [1.82, 2.24) is 19.8 Å². The molecule has 1 N–H and O–H groups in total. The highest BCUT2D eigenvalue weighted by Gasteiger charge is 2.16. The van der Waals surface area contributed by atoms with Crippen LogP contribution in [0.4, 0.5) is 0 Å². The summed E-state index contributed by atoms with van der Waals surface area (Å²) in [4.78, 5) is 30.4. The van der Waals surface area contributed by atoms with Gasteiger partial charge in [-0.25, -0.2) is 10.4 Å². The number of benzene rings is 2. The fourth-order valence-electron chi connectivity index (χ4n) is 4.21. The second-order valence-corrected chi connectivity index (χ2v) is 8.12. The van der Waals surface area contributed by atoms with E-state index >= 15 is 0 Å². The molecule has 5 rings (SSSR count). The number of ether oxygens (including phenoxy) is 1. The van der Waals surface area contributed by atoms with E-state index in [1.807, 2.05) is 50.2 Å². The van der Waals surface area contributed by atoms with E-state index in [1.54, 1.807) is 41.6 Å². The summed E-state index contributed by atoms with van der Waals surface area (Å²) in [5.74, 6) is 0.745. The molecular formula is C26H23N5O4. The fraction of sp³-hybridized carbons (Fsp3) is 0.154. The topological polar surface area (TPSA) is 104 Å². The van der Waals surface area contributed by atoms with Gasteiger partial charge in [0, 0.05) is 22.3 Å². The first kappa shape index (κ1) is 22.1. The van der Waals surface area contributed by atoms with Gasteiger partial charge in [0.05, 0.1) is 24.2 Å². The van der Waals surface area contributed by atoms with Gasteiger partial charge in [-0.15, -0.1) is 0 Å². The lowest BCUT2D eigenvalue weighted by Gasteiger charge is -2.16. The van der Waals surface area contributed by atoms with Gasteiger partial charge in [0.1, 0.15) is 5.82 Å². The number of hydrazone groups is 1. The molecule has 5 aromatic rings. The number of furan rings is 1. The van der Waals surface area contributed by atoms with Gasteiger partial charge in [0.15, 0.2) is 17.1 Å². The Kier molecular flexibility index (Phi) is 5.44. The maximum absolute atomic E-state index is 13.2. The molecular weight excluding hydrogens is 446 g/mol. The number of hydrogen-bond acceptors (Lipinski definition) is 6. The van der Waals surface area contributed by atoms with Crippen molar-refractivity contribution in [3.05, 3.63) is 93.5 Å². The summed E-state index contributed by atoms with van der Waals surface area (Å²) < 4.78 is 14.3. The minimum absolute atomic E-state index is 0.122. The number of nitrogens with zero attached hydrogens (tertiary/aromatic N) is 4. The van der Waals surface area contributed by atoms with Gasteiger partial charge in [0.2, 0.25) is 0 Å². The quantitative estimate of drug-likeness (QED) is 0.310. The molecule has 0 saturated heterocycles. The largest absolute Gasteiger partial charge is 0.493 e. The fourth-order valence-corrected chi connectivity index (χ4v) is 4.21. The maximum atomic E-state index is 13.2. The van der Waals surface area contributed by atoms with Gasteiger partial charge >= 0.3 is 5.91 Å². The third kappa shape index (κ3) is 3.76. The van der Waals surface area contributed by atoms with Crippen molar-refractivity contribution in [1.29, 1.82) is 0 Å². The van der Waals surface area contributed by atoms with E-state index in [1.165, 1.54) is 6.21 Å². The number of nitrogens with one attached hydrogen (secondary N) is 1. The van der Waals surface area contributed by atoms with Gasteiger partial charge in [0.25, 0.3) is 5.56 Å². The monoisotopic (exact) mass is 469 g/mol. The Balaban J connectivity index is 1.43. The lowest BCUT2D eigenvalue weighted by atomic mass is 10.2. The van der Waals surface area contributed by atoms with Crippen molar-refractivity contribution in [3.8, 4) is 5.75 Å². The molecule has 9 nitrogen and oxygen atoms in total. The minimum Gasteiger partial charge on any atom is -0.493 e. The zero-order valence-corrected chi connectivity index (χ0v) is 19.7. The second kappa shape index (κ2) is 8.60. The number of methoxy groups -OCH3 is 1. The molecule has 35 heavy (non-hydrogen) atoms. The standard InChI is InChI=1S/C26H23N5O4/c1-15-12-19(14-27-29-25(32)23-13-18-8-7-11-22(34-4)24(18)35-23)16(2)30(15)31-17(3)28-21-10-6-5-9-20(21)26(31)33/h5-14H,1-4H3,(H,29,32). The molecule has 2 aromatic carbocycles. The Labute approximate surface area is 200 Å². The van der Waals surface area contributed by atoms with E-state index in [9.17, 15) is 9.59 Å². The zero-order chi connectivity index (χ0) is 24.7. The number of carbonyl (C=O) groups excluding carboxylic acids is 1. The van der Waals surface area contributed by atoms with Crippen LogP contribution in [0.5, 0.6) is 5.75 Å². The summed E-state index contributed by atoms with van der Waals surface area (Å²) in [6.45, 7) is 5.57. The van der Waals surface area contributed by atoms with Crippen molar-refractivity contribution >= 4 is 34.0 Å². The normalized spacial score (nSPS) is 11.5. The number of amides is 1. The van der Waals surface area contributed by atoms with Gasteiger partial charge in [-0.1, -0.05) is 24.3 Å². The summed E-state index contributed by atoms with van der Waals surface area (Å²) in [7, 11) is 1.54. The molecule has 3 heterocycles. The minimum atomic E-state index is -0.487. The summed E-state index contributed by atoms with van der Waals surface area (Å²) in [6.07, 6.45) is 1.54. The third-order valence-corrected chi connectivity index (χ3v) is 5.87. The van der Waals surface area contributed by atoms with Gasteiger partial charge in [-0.2, -0.15) is 9.78 Å². The van der Waals surface area contributed by atoms with E-state index in [4.69, 9.17) is 9.15 Å². The first-order chi connectivity index (χ1) is 16.9. The number of fused-ring (bicyclic) bond motifs is 2. The Morgan fingerprint density at radius 3 is 2.69 bits per heavy atom. The molecule has 176 valence electrons. The molecule has 0 bridgehead atoms.